The van der Waals surface area contributed by atoms with E-state index in [1.54, 1.807) is 6.92 Å². The molecule has 1 rings (SSSR count). The SMILES string of the molecule is CCOC(=O)c1c[nH]cc1C(=O)O. The number of nitrogens with one attached hydrogen (secondary N) is 1. The predicted octanol–water partition coefficient (Wildman–Crippen LogP) is 0.890. The molecule has 0 unspecified atom stereocenters. The third kappa shape index (κ3) is 1.87. The van der Waals surface area contributed by atoms with E-state index in [2.05, 4.69) is 9.72 Å². The molecule has 0 spiro atoms. The van der Waals surface area contributed by atoms with Gasteiger partial charge in [0.15, 0.2) is 0 Å². The van der Waals surface area contributed by atoms with Crippen LogP contribution in [0.1, 0.15) is 27.6 Å². The topological polar surface area (TPSA) is 79.4 Å². The van der Waals surface area contributed by atoms with Gasteiger partial charge in [0, 0.05) is 12.4 Å². The normalized spacial score (nSPS) is 9.62. The number of carbonyl (C=O) groups excluding carboxylic acids is 1. The van der Waals surface area contributed by atoms with Crippen molar-refractivity contribution in [2.75, 3.05) is 6.61 Å². The molecule has 2 N–H and O–H groups in total. The molecule has 0 saturated heterocycles. The van der Waals surface area contributed by atoms with Gasteiger partial charge < -0.3 is 14.8 Å². The third-order valence-corrected chi connectivity index (χ3v) is 1.47. The molecular weight excluding hydrogens is 174 g/mol. The Labute approximate surface area is 74.3 Å². The number of aromatic carboxylic acids is 1. The summed E-state index contributed by atoms with van der Waals surface area (Å²) in [6, 6.07) is 0. The monoisotopic (exact) mass is 183 g/mol. The second-order valence-electron chi connectivity index (χ2n) is 2.31. The van der Waals surface area contributed by atoms with E-state index in [0.29, 0.717) is 0 Å². The van der Waals surface area contributed by atoms with Gasteiger partial charge in [-0.1, -0.05) is 0 Å². The number of ether oxygens (including phenoxy) is 1. The summed E-state index contributed by atoms with van der Waals surface area (Å²) >= 11 is 0. The molecule has 5 nitrogen and oxygen atoms in total. The second-order valence-corrected chi connectivity index (χ2v) is 2.31. The van der Waals surface area contributed by atoms with Gasteiger partial charge in [0.25, 0.3) is 0 Å². The first-order valence-corrected chi connectivity index (χ1v) is 3.74. The first kappa shape index (κ1) is 9.31. The van der Waals surface area contributed by atoms with Crippen LogP contribution in [-0.4, -0.2) is 28.6 Å². The van der Waals surface area contributed by atoms with E-state index in [4.69, 9.17) is 5.11 Å². The largest absolute Gasteiger partial charge is 0.478 e. The fourth-order valence-corrected chi connectivity index (χ4v) is 0.919. The van der Waals surface area contributed by atoms with Crippen LogP contribution >= 0.6 is 0 Å². The number of H-pyrrole nitrogens is 1. The van der Waals surface area contributed by atoms with Crippen LogP contribution in [0.3, 0.4) is 0 Å². The van der Waals surface area contributed by atoms with Gasteiger partial charge >= 0.3 is 11.9 Å². The van der Waals surface area contributed by atoms with Crippen LogP contribution in [0.2, 0.25) is 0 Å². The van der Waals surface area contributed by atoms with Gasteiger partial charge in [-0.2, -0.15) is 0 Å². The van der Waals surface area contributed by atoms with Gasteiger partial charge in [-0.15, -0.1) is 0 Å². The molecule has 1 heterocycles. The van der Waals surface area contributed by atoms with Gasteiger partial charge in [0.2, 0.25) is 0 Å². The molecule has 0 atom stereocenters. The Morgan fingerprint density at radius 2 is 2.08 bits per heavy atom. The predicted molar refractivity (Wildman–Crippen MR) is 43.7 cm³/mol. The highest BCUT2D eigenvalue weighted by Gasteiger charge is 2.17. The van der Waals surface area contributed by atoms with Crippen molar-refractivity contribution in [3.63, 3.8) is 0 Å². The standard InChI is InChI=1S/C8H9NO4/c1-2-13-8(12)6-4-9-3-5(6)7(10)11/h3-4,9H,2H2,1H3,(H,10,11). The van der Waals surface area contributed by atoms with Crippen LogP contribution in [0.15, 0.2) is 12.4 Å². The molecular formula is C8H9NO4. The lowest BCUT2D eigenvalue weighted by Crippen LogP contribution is -2.08. The molecule has 0 saturated carbocycles. The molecule has 0 aliphatic rings. The zero-order valence-electron chi connectivity index (χ0n) is 7.03. The second kappa shape index (κ2) is 3.75. The number of aromatic amines is 1. The fraction of sp³-hybridized carbons (Fsp3) is 0.250. The van der Waals surface area contributed by atoms with Gasteiger partial charge in [0.05, 0.1) is 17.7 Å². The van der Waals surface area contributed by atoms with Crippen molar-refractivity contribution in [1.29, 1.82) is 0 Å². The van der Waals surface area contributed by atoms with E-state index in [1.807, 2.05) is 0 Å². The Bertz CT molecular complexity index is 329. The van der Waals surface area contributed by atoms with E-state index in [9.17, 15) is 9.59 Å². The molecule has 1 aromatic heterocycles. The lowest BCUT2D eigenvalue weighted by atomic mass is 10.2. The molecule has 0 radical (unpaired) electrons. The highest BCUT2D eigenvalue weighted by atomic mass is 16.5. The first-order valence-electron chi connectivity index (χ1n) is 3.74. The molecule has 0 bridgehead atoms. The highest BCUT2D eigenvalue weighted by Crippen LogP contribution is 2.09. The fourth-order valence-electron chi connectivity index (χ4n) is 0.919. The number of carboxylic acid groups (broad SMARTS) is 1. The van der Waals surface area contributed by atoms with Crippen molar-refractivity contribution in [3.05, 3.63) is 23.5 Å². The maximum absolute atomic E-state index is 11.1. The smallest absolute Gasteiger partial charge is 0.340 e. The number of carboxylic acids is 1. The molecule has 5 heteroatoms. The summed E-state index contributed by atoms with van der Waals surface area (Å²) in [5.74, 6) is -1.77. The summed E-state index contributed by atoms with van der Waals surface area (Å²) in [6.07, 6.45) is 2.55. The molecule has 0 fully saturated rings. The number of esters is 1. The molecule has 13 heavy (non-hydrogen) atoms. The quantitative estimate of drug-likeness (QED) is 0.682. The maximum atomic E-state index is 11.1. The number of hydrogen-bond acceptors (Lipinski definition) is 3. The average Bonchev–Trinajstić information content (AvgIpc) is 2.52. The zero-order valence-corrected chi connectivity index (χ0v) is 7.03. The lowest BCUT2D eigenvalue weighted by Gasteiger charge is -1.99. The van der Waals surface area contributed by atoms with Gasteiger partial charge in [-0.25, -0.2) is 9.59 Å². The molecule has 0 aliphatic carbocycles. The summed E-state index contributed by atoms with van der Waals surface area (Å²) in [4.78, 5) is 24.2. The molecule has 70 valence electrons. The van der Waals surface area contributed by atoms with Crippen LogP contribution in [0.25, 0.3) is 0 Å². The highest BCUT2D eigenvalue weighted by molar-refractivity contribution is 6.02. The maximum Gasteiger partial charge on any atom is 0.340 e. The van der Waals surface area contributed by atoms with Crippen molar-refractivity contribution >= 4 is 11.9 Å². The van der Waals surface area contributed by atoms with E-state index in [1.165, 1.54) is 12.4 Å². The summed E-state index contributed by atoms with van der Waals surface area (Å²) in [6.45, 7) is 1.88. The Balaban J connectivity index is 2.93. The molecule has 0 aromatic carbocycles. The minimum atomic E-state index is -1.15. The Morgan fingerprint density at radius 1 is 1.46 bits per heavy atom. The van der Waals surface area contributed by atoms with Crippen molar-refractivity contribution in [2.24, 2.45) is 0 Å². The Morgan fingerprint density at radius 3 is 2.62 bits per heavy atom. The summed E-state index contributed by atoms with van der Waals surface area (Å²) < 4.78 is 4.65. The number of hydrogen-bond donors (Lipinski definition) is 2. The minimum Gasteiger partial charge on any atom is -0.478 e. The van der Waals surface area contributed by atoms with Crippen molar-refractivity contribution in [3.8, 4) is 0 Å². The van der Waals surface area contributed by atoms with Crippen LogP contribution in [0.4, 0.5) is 0 Å². The third-order valence-electron chi connectivity index (χ3n) is 1.47. The summed E-state index contributed by atoms with van der Waals surface area (Å²) in [5, 5.41) is 8.64. The van der Waals surface area contributed by atoms with E-state index in [-0.39, 0.29) is 17.7 Å². The number of aromatic nitrogens is 1. The number of rotatable bonds is 3. The first-order chi connectivity index (χ1) is 6.16. The summed E-state index contributed by atoms with van der Waals surface area (Å²) in [7, 11) is 0. The van der Waals surface area contributed by atoms with Crippen LogP contribution in [0, 0.1) is 0 Å². The average molecular weight is 183 g/mol. The van der Waals surface area contributed by atoms with Crippen molar-refractivity contribution in [2.45, 2.75) is 6.92 Å². The molecule has 1 aromatic rings. The van der Waals surface area contributed by atoms with Gasteiger partial charge in [-0.3, -0.25) is 0 Å². The van der Waals surface area contributed by atoms with Crippen LogP contribution in [-0.2, 0) is 4.74 Å². The number of carbonyl (C=O) groups is 2. The molecule has 0 amide bonds. The van der Waals surface area contributed by atoms with E-state index >= 15 is 0 Å². The Hall–Kier alpha value is -1.78. The zero-order chi connectivity index (χ0) is 9.84. The van der Waals surface area contributed by atoms with Gasteiger partial charge in [-0.05, 0) is 6.92 Å². The van der Waals surface area contributed by atoms with E-state index < -0.39 is 11.9 Å². The van der Waals surface area contributed by atoms with Crippen LogP contribution in [0.5, 0.6) is 0 Å². The minimum absolute atomic E-state index is 0.0503. The molecule has 0 aliphatic heterocycles. The van der Waals surface area contributed by atoms with Crippen molar-refractivity contribution in [1.82, 2.24) is 4.98 Å². The lowest BCUT2D eigenvalue weighted by molar-refractivity contribution is 0.0515. The van der Waals surface area contributed by atoms with Gasteiger partial charge in [0.1, 0.15) is 0 Å². The summed E-state index contributed by atoms with van der Waals surface area (Å²) in [5.41, 5.74) is -0.0206. The van der Waals surface area contributed by atoms with E-state index in [0.717, 1.165) is 0 Å². The Kier molecular flexibility index (Phi) is 2.69. The van der Waals surface area contributed by atoms with Crippen molar-refractivity contribution < 1.29 is 19.4 Å². The van der Waals surface area contributed by atoms with Crippen LogP contribution < -0.4 is 0 Å².